The molecular weight excluding hydrogens is 324 g/mol. The second-order valence-electron chi connectivity index (χ2n) is 3.28. The predicted molar refractivity (Wildman–Crippen MR) is 70.5 cm³/mol. The predicted octanol–water partition coefficient (Wildman–Crippen LogP) is 1.81. The van der Waals surface area contributed by atoms with Gasteiger partial charge in [0.05, 0.1) is 20.1 Å². The summed E-state index contributed by atoms with van der Waals surface area (Å²) in [5.74, 6) is -0.948. The number of aromatic nitrogens is 2. The van der Waals surface area contributed by atoms with Crippen LogP contribution in [0.4, 0.5) is 0 Å². The molecule has 1 aromatic heterocycles. The Balaban J connectivity index is 2.88. The summed E-state index contributed by atoms with van der Waals surface area (Å²) in [5.41, 5.74) is 0.216. The van der Waals surface area contributed by atoms with E-state index in [9.17, 15) is 9.59 Å². The van der Waals surface area contributed by atoms with Crippen molar-refractivity contribution in [3.8, 4) is 0 Å². The van der Waals surface area contributed by atoms with Crippen LogP contribution in [0.2, 0.25) is 0 Å². The van der Waals surface area contributed by atoms with Gasteiger partial charge in [0.2, 0.25) is 0 Å². The number of ether oxygens (including phenoxy) is 2. The van der Waals surface area contributed by atoms with Crippen molar-refractivity contribution in [2.24, 2.45) is 0 Å². The van der Waals surface area contributed by atoms with Crippen molar-refractivity contribution in [3.05, 3.63) is 16.4 Å². The van der Waals surface area contributed by atoms with E-state index in [0.717, 1.165) is 0 Å². The van der Waals surface area contributed by atoms with Gasteiger partial charge in [-0.15, -0.1) is 0 Å². The number of hydrogen-bond acceptors (Lipinski definition) is 6. The van der Waals surface area contributed by atoms with Crippen LogP contribution in [0, 0.1) is 0 Å². The number of hydrogen-bond donors (Lipinski definition) is 1. The first-order valence-electron chi connectivity index (χ1n) is 5.16. The molecule has 8 heteroatoms. The van der Waals surface area contributed by atoms with Crippen LogP contribution in [0.25, 0.3) is 0 Å². The van der Waals surface area contributed by atoms with Gasteiger partial charge in [-0.1, -0.05) is 0 Å². The lowest BCUT2D eigenvalue weighted by molar-refractivity contribution is -0.143. The Labute approximate surface area is 118 Å². The second kappa shape index (κ2) is 6.79. The lowest BCUT2D eigenvalue weighted by Crippen LogP contribution is -2.18. The average molecular weight is 337 g/mol. The van der Waals surface area contributed by atoms with Gasteiger partial charge in [-0.3, -0.25) is 4.79 Å². The van der Waals surface area contributed by atoms with Crippen molar-refractivity contribution in [1.82, 2.24) is 9.78 Å². The first-order valence-corrected chi connectivity index (χ1v) is 6.47. The van der Waals surface area contributed by atoms with E-state index in [2.05, 4.69) is 38.4 Å². The van der Waals surface area contributed by atoms with Crippen molar-refractivity contribution in [3.63, 3.8) is 0 Å². The molecule has 6 nitrogen and oxygen atoms in total. The lowest BCUT2D eigenvalue weighted by atomic mass is 10.4. The quantitative estimate of drug-likeness (QED) is 0.656. The van der Waals surface area contributed by atoms with E-state index >= 15 is 0 Å². The Morgan fingerprint density at radius 2 is 2.28 bits per heavy atom. The van der Waals surface area contributed by atoms with Gasteiger partial charge >= 0.3 is 11.9 Å². The maximum absolute atomic E-state index is 11.5. The van der Waals surface area contributed by atoms with Crippen molar-refractivity contribution in [2.75, 3.05) is 13.7 Å². The van der Waals surface area contributed by atoms with Gasteiger partial charge in [0.1, 0.15) is 15.7 Å². The Kier molecular flexibility index (Phi) is 5.67. The Morgan fingerprint density at radius 3 is 2.83 bits per heavy atom. The Bertz CT molecular complexity index is 449. The molecule has 0 amide bonds. The molecule has 1 aromatic rings. The van der Waals surface area contributed by atoms with Crippen LogP contribution >= 0.6 is 28.6 Å². The molecule has 0 aromatic carbocycles. The maximum Gasteiger partial charge on any atom is 0.356 e. The average Bonchev–Trinajstić information content (AvgIpc) is 2.70. The van der Waals surface area contributed by atoms with Gasteiger partial charge in [-0.25, -0.2) is 9.48 Å². The van der Waals surface area contributed by atoms with Crippen molar-refractivity contribution >= 4 is 40.5 Å². The van der Waals surface area contributed by atoms with Crippen molar-refractivity contribution in [1.29, 1.82) is 0 Å². The molecule has 0 saturated heterocycles. The molecule has 1 heterocycles. The number of methoxy groups -OCH3 is 1. The number of rotatable bonds is 5. The van der Waals surface area contributed by atoms with Crippen LogP contribution in [0.5, 0.6) is 0 Å². The molecule has 0 radical (unpaired) electrons. The SMILES string of the molecule is CCOC(=O)CC(S)n1nc(Br)cc1C(=O)OC. The third kappa shape index (κ3) is 3.74. The minimum atomic E-state index is -0.593. The molecule has 0 bridgehead atoms. The van der Waals surface area contributed by atoms with Crippen LogP contribution in [-0.4, -0.2) is 35.4 Å². The van der Waals surface area contributed by atoms with E-state index in [1.807, 2.05) is 0 Å². The molecular formula is C10H13BrN2O4S. The molecule has 0 aliphatic heterocycles. The largest absolute Gasteiger partial charge is 0.466 e. The fourth-order valence-corrected chi connectivity index (χ4v) is 2.02. The molecule has 0 N–H and O–H groups in total. The highest BCUT2D eigenvalue weighted by Gasteiger charge is 2.21. The maximum atomic E-state index is 11.5. The second-order valence-corrected chi connectivity index (χ2v) is 4.69. The Hall–Kier alpha value is -1.02. The van der Waals surface area contributed by atoms with E-state index in [4.69, 9.17) is 4.74 Å². The summed E-state index contributed by atoms with van der Waals surface area (Å²) < 4.78 is 11.2. The van der Waals surface area contributed by atoms with E-state index in [1.165, 1.54) is 17.9 Å². The summed E-state index contributed by atoms with van der Waals surface area (Å²) in [5, 5.41) is 3.45. The summed E-state index contributed by atoms with van der Waals surface area (Å²) in [6, 6.07) is 1.50. The van der Waals surface area contributed by atoms with E-state index in [-0.39, 0.29) is 12.1 Å². The first-order chi connectivity index (χ1) is 8.49. The molecule has 18 heavy (non-hydrogen) atoms. The number of nitrogens with zero attached hydrogens (tertiary/aromatic N) is 2. The molecule has 0 aliphatic rings. The number of thiol groups is 1. The van der Waals surface area contributed by atoms with Gasteiger partial charge in [0, 0.05) is 6.07 Å². The fourth-order valence-electron chi connectivity index (χ4n) is 1.30. The normalized spacial score (nSPS) is 12.0. The number of carbonyl (C=O) groups is 2. The summed E-state index contributed by atoms with van der Waals surface area (Å²) in [6.07, 6.45) is 0.00899. The highest BCUT2D eigenvalue weighted by Crippen LogP contribution is 2.22. The minimum absolute atomic E-state index is 0.00899. The van der Waals surface area contributed by atoms with Gasteiger partial charge in [-0.05, 0) is 22.9 Å². The van der Waals surface area contributed by atoms with Crippen molar-refractivity contribution in [2.45, 2.75) is 18.7 Å². The molecule has 0 fully saturated rings. The monoisotopic (exact) mass is 336 g/mol. The topological polar surface area (TPSA) is 70.4 Å². The number of halogens is 1. The molecule has 1 unspecified atom stereocenters. The highest BCUT2D eigenvalue weighted by atomic mass is 79.9. The van der Waals surface area contributed by atoms with Crippen LogP contribution in [0.1, 0.15) is 29.2 Å². The van der Waals surface area contributed by atoms with Gasteiger partial charge in [0.25, 0.3) is 0 Å². The van der Waals surface area contributed by atoms with Gasteiger partial charge in [0.15, 0.2) is 0 Å². The third-order valence-electron chi connectivity index (χ3n) is 2.04. The van der Waals surface area contributed by atoms with Gasteiger partial charge in [-0.2, -0.15) is 17.7 Å². The minimum Gasteiger partial charge on any atom is -0.466 e. The number of esters is 2. The summed E-state index contributed by atoms with van der Waals surface area (Å²) in [4.78, 5) is 22.9. The lowest BCUT2D eigenvalue weighted by Gasteiger charge is -2.12. The zero-order valence-electron chi connectivity index (χ0n) is 9.92. The number of carbonyl (C=O) groups excluding carboxylic acids is 2. The van der Waals surface area contributed by atoms with E-state index < -0.39 is 17.3 Å². The third-order valence-corrected chi connectivity index (χ3v) is 2.83. The Morgan fingerprint density at radius 1 is 1.61 bits per heavy atom. The van der Waals surface area contributed by atoms with E-state index in [1.54, 1.807) is 6.92 Å². The molecule has 1 atom stereocenters. The van der Waals surface area contributed by atoms with Crippen LogP contribution in [0.15, 0.2) is 10.7 Å². The zero-order valence-corrected chi connectivity index (χ0v) is 12.4. The van der Waals surface area contributed by atoms with Crippen LogP contribution in [-0.2, 0) is 14.3 Å². The molecule has 0 saturated carbocycles. The van der Waals surface area contributed by atoms with Crippen molar-refractivity contribution < 1.29 is 19.1 Å². The summed E-state index contributed by atoms with van der Waals surface area (Å²) >= 11 is 7.40. The first kappa shape index (κ1) is 15.0. The smallest absolute Gasteiger partial charge is 0.356 e. The molecule has 0 aliphatic carbocycles. The molecule has 1 rings (SSSR count). The van der Waals surface area contributed by atoms with Gasteiger partial charge < -0.3 is 9.47 Å². The fraction of sp³-hybridized carbons (Fsp3) is 0.500. The molecule has 100 valence electrons. The van der Waals surface area contributed by atoms with Crippen LogP contribution < -0.4 is 0 Å². The zero-order chi connectivity index (χ0) is 13.7. The van der Waals surface area contributed by atoms with Crippen LogP contribution in [0.3, 0.4) is 0 Å². The van der Waals surface area contributed by atoms with E-state index in [0.29, 0.717) is 11.2 Å². The summed E-state index contributed by atoms with van der Waals surface area (Å²) in [6.45, 7) is 2.02. The standard InChI is InChI=1S/C10H13BrN2O4S/c1-3-17-9(14)5-8(18)13-6(10(15)16-2)4-7(11)12-13/h4,8,18H,3,5H2,1-2H3. The highest BCUT2D eigenvalue weighted by molar-refractivity contribution is 9.10. The summed E-state index contributed by atoms with van der Waals surface area (Å²) in [7, 11) is 1.27. The molecule has 0 spiro atoms.